The molecule has 1 fully saturated rings. The normalized spacial score (nSPS) is 20.4. The summed E-state index contributed by atoms with van der Waals surface area (Å²) in [6, 6.07) is 7.83. The van der Waals surface area contributed by atoms with Gasteiger partial charge in [-0.25, -0.2) is 8.42 Å². The van der Waals surface area contributed by atoms with E-state index in [9.17, 15) is 18.5 Å². The Morgan fingerprint density at radius 2 is 1.93 bits per heavy atom. The van der Waals surface area contributed by atoms with Crippen LogP contribution < -0.4 is 4.90 Å². The minimum atomic E-state index is -3.78. The number of hydrogen-bond donors (Lipinski definition) is 0. The van der Waals surface area contributed by atoms with Crippen molar-refractivity contribution in [3.8, 4) is 0 Å². The van der Waals surface area contributed by atoms with E-state index in [2.05, 4.69) is 4.98 Å². The molecule has 8 nitrogen and oxygen atoms in total. The van der Waals surface area contributed by atoms with Gasteiger partial charge in [0.25, 0.3) is 5.69 Å². The molecule has 1 aromatic heterocycles. The fourth-order valence-corrected chi connectivity index (χ4v) is 5.63. The lowest BCUT2D eigenvalue weighted by Gasteiger charge is -2.34. The molecule has 0 unspecified atom stereocenters. The van der Waals surface area contributed by atoms with Gasteiger partial charge in [0.1, 0.15) is 5.69 Å². The van der Waals surface area contributed by atoms with Gasteiger partial charge in [-0.05, 0) is 42.0 Å². The number of nitro benzene ring substituents is 1. The Balaban J connectivity index is 1.92. The second-order valence-electron chi connectivity index (χ2n) is 7.89. The number of sulfonamides is 1. The van der Waals surface area contributed by atoms with Crippen LogP contribution in [0.15, 0.2) is 47.6 Å². The quantitative estimate of drug-likeness (QED) is 0.527. The van der Waals surface area contributed by atoms with E-state index in [4.69, 9.17) is 0 Å². The van der Waals surface area contributed by atoms with Gasteiger partial charge in [-0.3, -0.25) is 15.1 Å². The van der Waals surface area contributed by atoms with Crippen molar-refractivity contribution in [3.05, 3.63) is 58.4 Å². The summed E-state index contributed by atoms with van der Waals surface area (Å²) in [4.78, 5) is 16.9. The number of aromatic nitrogens is 1. The highest BCUT2D eigenvalue weighted by Crippen LogP contribution is 2.33. The van der Waals surface area contributed by atoms with Crippen molar-refractivity contribution in [2.45, 2.75) is 31.7 Å². The molecule has 29 heavy (non-hydrogen) atoms. The van der Waals surface area contributed by atoms with Gasteiger partial charge < -0.3 is 4.90 Å². The molecule has 156 valence electrons. The van der Waals surface area contributed by atoms with Crippen molar-refractivity contribution in [1.82, 2.24) is 9.29 Å². The number of hydrogen-bond acceptors (Lipinski definition) is 6. The van der Waals surface area contributed by atoms with Crippen LogP contribution in [-0.4, -0.2) is 42.8 Å². The van der Waals surface area contributed by atoms with Gasteiger partial charge in [0.15, 0.2) is 0 Å². The maximum absolute atomic E-state index is 13.1. The van der Waals surface area contributed by atoms with Gasteiger partial charge in [0, 0.05) is 45.1 Å². The third kappa shape index (κ3) is 4.73. The minimum Gasteiger partial charge on any atom is -0.365 e. The molecule has 1 aliphatic heterocycles. The molecule has 0 aliphatic carbocycles. The predicted octanol–water partition coefficient (Wildman–Crippen LogP) is 3.29. The number of piperidine rings is 1. The monoisotopic (exact) mass is 418 g/mol. The molecule has 0 bridgehead atoms. The molecule has 2 atom stereocenters. The third-order valence-corrected chi connectivity index (χ3v) is 7.00. The molecule has 0 saturated carbocycles. The van der Waals surface area contributed by atoms with Gasteiger partial charge in [-0.2, -0.15) is 4.31 Å². The fraction of sp³-hybridized carbons (Fsp3) is 0.450. The zero-order valence-corrected chi connectivity index (χ0v) is 17.7. The summed E-state index contributed by atoms with van der Waals surface area (Å²) in [5.74, 6) is 0.516. The molecule has 1 aromatic carbocycles. The maximum atomic E-state index is 13.1. The SMILES string of the molecule is C[C@H]1C[C@H](C)CN(S(=O)(=O)c2ccc(N(C)Cc3cccnc3)c([N+](=O)[O-])c2)C1. The van der Waals surface area contributed by atoms with Crippen LogP contribution in [-0.2, 0) is 16.6 Å². The second-order valence-corrected chi connectivity index (χ2v) is 9.83. The number of rotatable bonds is 6. The van der Waals surface area contributed by atoms with Crippen molar-refractivity contribution in [3.63, 3.8) is 0 Å². The van der Waals surface area contributed by atoms with Crippen molar-refractivity contribution in [2.75, 3.05) is 25.0 Å². The van der Waals surface area contributed by atoms with Crippen LogP contribution in [0.1, 0.15) is 25.8 Å². The Morgan fingerprint density at radius 1 is 1.24 bits per heavy atom. The van der Waals surface area contributed by atoms with E-state index in [-0.39, 0.29) is 22.4 Å². The first-order chi connectivity index (χ1) is 13.7. The zero-order valence-electron chi connectivity index (χ0n) is 16.9. The summed E-state index contributed by atoms with van der Waals surface area (Å²) in [7, 11) is -2.05. The average Bonchev–Trinajstić information content (AvgIpc) is 2.67. The number of anilines is 1. The molecule has 0 amide bonds. The topological polar surface area (TPSA) is 96.7 Å². The molecule has 0 spiro atoms. The smallest absolute Gasteiger partial charge is 0.293 e. The van der Waals surface area contributed by atoms with Crippen LogP contribution in [0.3, 0.4) is 0 Å². The van der Waals surface area contributed by atoms with Crippen LogP contribution >= 0.6 is 0 Å². The van der Waals surface area contributed by atoms with Gasteiger partial charge >= 0.3 is 0 Å². The molecule has 2 aromatic rings. The molecular formula is C20H26N4O4S. The predicted molar refractivity (Wildman–Crippen MR) is 111 cm³/mol. The molecule has 2 heterocycles. The summed E-state index contributed by atoms with van der Waals surface area (Å²) < 4.78 is 27.7. The van der Waals surface area contributed by atoms with E-state index in [0.717, 1.165) is 12.0 Å². The highest BCUT2D eigenvalue weighted by molar-refractivity contribution is 7.89. The Labute approximate surface area is 171 Å². The van der Waals surface area contributed by atoms with Gasteiger partial charge in [0.2, 0.25) is 10.0 Å². The van der Waals surface area contributed by atoms with E-state index >= 15 is 0 Å². The van der Waals surface area contributed by atoms with Crippen LogP contribution in [0.25, 0.3) is 0 Å². The molecule has 0 radical (unpaired) electrons. The Hall–Kier alpha value is -2.52. The molecular weight excluding hydrogens is 392 g/mol. The third-order valence-electron chi connectivity index (χ3n) is 5.17. The largest absolute Gasteiger partial charge is 0.365 e. The number of pyridine rings is 1. The highest BCUT2D eigenvalue weighted by Gasteiger charge is 2.33. The number of nitrogens with zero attached hydrogens (tertiary/aromatic N) is 4. The molecule has 0 N–H and O–H groups in total. The summed E-state index contributed by atoms with van der Waals surface area (Å²) in [5.41, 5.74) is 1.03. The van der Waals surface area contributed by atoms with Crippen molar-refractivity contribution >= 4 is 21.4 Å². The standard InChI is InChI=1S/C20H26N4O4S/c1-15-9-16(2)13-23(12-15)29(27,28)18-6-7-19(20(10-18)24(25)26)22(3)14-17-5-4-8-21-11-17/h4-8,10-11,15-16H,9,12-14H2,1-3H3/t15-,16-/m0/s1. The van der Waals surface area contributed by atoms with E-state index in [1.54, 1.807) is 30.4 Å². The first-order valence-corrected chi connectivity index (χ1v) is 11.0. The van der Waals surface area contributed by atoms with E-state index < -0.39 is 14.9 Å². The second kappa shape index (κ2) is 8.46. The molecule has 1 aliphatic rings. The Bertz CT molecular complexity index is 971. The lowest BCUT2D eigenvalue weighted by atomic mass is 9.94. The average molecular weight is 419 g/mol. The summed E-state index contributed by atoms with van der Waals surface area (Å²) >= 11 is 0. The van der Waals surface area contributed by atoms with Crippen molar-refractivity contribution < 1.29 is 13.3 Å². The Morgan fingerprint density at radius 3 is 2.52 bits per heavy atom. The molecule has 3 rings (SSSR count). The number of benzene rings is 1. The Kier molecular flexibility index (Phi) is 6.18. The molecule has 1 saturated heterocycles. The van der Waals surface area contributed by atoms with E-state index in [1.165, 1.54) is 22.5 Å². The zero-order chi connectivity index (χ0) is 21.2. The fourth-order valence-electron chi connectivity index (χ4n) is 3.93. The lowest BCUT2D eigenvalue weighted by Crippen LogP contribution is -2.42. The van der Waals surface area contributed by atoms with E-state index in [1.807, 2.05) is 19.9 Å². The van der Waals surface area contributed by atoms with Crippen LogP contribution in [0.5, 0.6) is 0 Å². The van der Waals surface area contributed by atoms with E-state index in [0.29, 0.717) is 25.3 Å². The van der Waals surface area contributed by atoms with Crippen LogP contribution in [0, 0.1) is 22.0 Å². The van der Waals surface area contributed by atoms with Gasteiger partial charge in [-0.15, -0.1) is 0 Å². The number of nitro groups is 1. The van der Waals surface area contributed by atoms with Crippen LogP contribution in [0.2, 0.25) is 0 Å². The van der Waals surface area contributed by atoms with Crippen molar-refractivity contribution in [2.24, 2.45) is 11.8 Å². The first kappa shape index (κ1) is 21.2. The van der Waals surface area contributed by atoms with Crippen molar-refractivity contribution in [1.29, 1.82) is 0 Å². The van der Waals surface area contributed by atoms with Gasteiger partial charge in [-0.1, -0.05) is 19.9 Å². The maximum Gasteiger partial charge on any atom is 0.293 e. The minimum absolute atomic E-state index is 0.0379. The summed E-state index contributed by atoms with van der Waals surface area (Å²) in [6.07, 6.45) is 4.33. The summed E-state index contributed by atoms with van der Waals surface area (Å²) in [6.45, 7) is 5.34. The molecule has 9 heteroatoms. The highest BCUT2D eigenvalue weighted by atomic mass is 32.2. The summed E-state index contributed by atoms with van der Waals surface area (Å²) in [5, 5.41) is 11.7. The first-order valence-electron chi connectivity index (χ1n) is 9.57. The van der Waals surface area contributed by atoms with Crippen LogP contribution in [0.4, 0.5) is 11.4 Å². The van der Waals surface area contributed by atoms with Gasteiger partial charge in [0.05, 0.1) is 9.82 Å². The lowest BCUT2D eigenvalue weighted by molar-refractivity contribution is -0.384.